The van der Waals surface area contributed by atoms with Gasteiger partial charge >= 0.3 is 0 Å². The van der Waals surface area contributed by atoms with E-state index in [1.165, 1.54) is 10.9 Å². The third-order valence-electron chi connectivity index (χ3n) is 3.25. The van der Waals surface area contributed by atoms with Crippen LogP contribution in [0.4, 0.5) is 0 Å². The number of rotatable bonds is 1. The van der Waals surface area contributed by atoms with E-state index < -0.39 is 0 Å². The molecule has 0 spiro atoms. The quantitative estimate of drug-likeness (QED) is 0.744. The minimum absolute atomic E-state index is 0.141. The van der Waals surface area contributed by atoms with Gasteiger partial charge in [0.2, 0.25) is 0 Å². The summed E-state index contributed by atoms with van der Waals surface area (Å²) >= 11 is 0. The molecule has 2 heteroatoms. The van der Waals surface area contributed by atoms with Crippen molar-refractivity contribution in [3.63, 3.8) is 0 Å². The largest absolute Gasteiger partial charge is 0.294 e. The van der Waals surface area contributed by atoms with Crippen LogP contribution in [0.1, 0.15) is 23.7 Å². The van der Waals surface area contributed by atoms with Gasteiger partial charge in [0.1, 0.15) is 0 Å². The van der Waals surface area contributed by atoms with Crippen LogP contribution in [0.2, 0.25) is 0 Å². The van der Waals surface area contributed by atoms with E-state index in [2.05, 4.69) is 18.0 Å². The predicted molar refractivity (Wildman–Crippen MR) is 68.9 cm³/mol. The van der Waals surface area contributed by atoms with E-state index in [0.717, 1.165) is 23.2 Å². The lowest BCUT2D eigenvalue weighted by molar-refractivity contribution is -0.114. The zero-order valence-corrected chi connectivity index (χ0v) is 9.73. The normalized spacial score (nSPS) is 14.1. The highest BCUT2D eigenvalue weighted by atomic mass is 16.1. The zero-order chi connectivity index (χ0) is 11.8. The highest BCUT2D eigenvalue weighted by molar-refractivity contribution is 6.00. The van der Waals surface area contributed by atoms with Crippen LogP contribution in [-0.4, -0.2) is 10.8 Å². The topological polar surface area (TPSA) is 30.0 Å². The molecule has 0 fully saturated rings. The van der Waals surface area contributed by atoms with Crippen molar-refractivity contribution < 1.29 is 4.79 Å². The Morgan fingerprint density at radius 2 is 2.06 bits per heavy atom. The van der Waals surface area contributed by atoms with Crippen LogP contribution in [0.3, 0.4) is 0 Å². The molecule has 0 bridgehead atoms. The monoisotopic (exact) mass is 223 g/mol. The lowest BCUT2D eigenvalue weighted by Crippen LogP contribution is -2.10. The Morgan fingerprint density at radius 1 is 1.24 bits per heavy atom. The number of fused-ring (bicyclic) bond motifs is 2. The molecule has 17 heavy (non-hydrogen) atoms. The van der Waals surface area contributed by atoms with E-state index in [1.807, 2.05) is 24.3 Å². The molecule has 0 radical (unpaired) electrons. The third-order valence-corrected chi connectivity index (χ3v) is 3.25. The van der Waals surface area contributed by atoms with Gasteiger partial charge in [0, 0.05) is 10.9 Å². The van der Waals surface area contributed by atoms with E-state index in [4.69, 9.17) is 0 Å². The SMILES string of the molecule is CCc1c2c(nc3ccccc13)CC(=O)C=C2. The minimum Gasteiger partial charge on any atom is -0.294 e. The molecular weight excluding hydrogens is 210 g/mol. The first kappa shape index (κ1) is 10.2. The lowest BCUT2D eigenvalue weighted by atomic mass is 9.93. The standard InChI is InChI=1S/C15H13NO/c1-2-11-12-5-3-4-6-14(12)16-15-9-10(17)7-8-13(11)15/h3-8H,2,9H2,1H3. The molecule has 0 atom stereocenters. The summed E-state index contributed by atoms with van der Waals surface area (Å²) in [6.45, 7) is 2.15. The highest BCUT2D eigenvalue weighted by Gasteiger charge is 2.16. The van der Waals surface area contributed by atoms with Gasteiger partial charge in [0.05, 0.1) is 17.6 Å². The molecule has 1 heterocycles. The number of para-hydroxylation sites is 1. The number of aromatic nitrogens is 1. The number of hydrogen-bond acceptors (Lipinski definition) is 2. The third kappa shape index (κ3) is 1.57. The summed E-state index contributed by atoms with van der Waals surface area (Å²) in [7, 11) is 0. The molecule has 0 saturated carbocycles. The number of carbonyl (C=O) groups is 1. The summed E-state index contributed by atoms with van der Waals surface area (Å²) in [5.74, 6) is 0.141. The van der Waals surface area contributed by atoms with Crippen molar-refractivity contribution in [2.45, 2.75) is 19.8 Å². The lowest BCUT2D eigenvalue weighted by Gasteiger charge is -2.15. The van der Waals surface area contributed by atoms with Gasteiger partial charge < -0.3 is 0 Å². The molecule has 1 aliphatic rings. The molecule has 2 nitrogen and oxygen atoms in total. The van der Waals surface area contributed by atoms with Crippen molar-refractivity contribution in [2.75, 3.05) is 0 Å². The van der Waals surface area contributed by atoms with Crippen molar-refractivity contribution in [1.82, 2.24) is 4.98 Å². The van der Waals surface area contributed by atoms with Crippen LogP contribution in [0.5, 0.6) is 0 Å². The summed E-state index contributed by atoms with van der Waals surface area (Å²) < 4.78 is 0. The second kappa shape index (κ2) is 3.81. The maximum Gasteiger partial charge on any atom is 0.161 e. The van der Waals surface area contributed by atoms with Crippen molar-refractivity contribution in [3.8, 4) is 0 Å². The number of nitrogens with zero attached hydrogens (tertiary/aromatic N) is 1. The molecule has 1 aromatic heterocycles. The summed E-state index contributed by atoms with van der Waals surface area (Å²) in [4.78, 5) is 16.0. The Bertz CT molecular complexity index is 641. The zero-order valence-electron chi connectivity index (χ0n) is 9.73. The molecular formula is C15H13NO. The molecule has 3 rings (SSSR count). The van der Waals surface area contributed by atoms with Gasteiger partial charge in [-0.1, -0.05) is 25.1 Å². The fourth-order valence-corrected chi connectivity index (χ4v) is 2.46. The van der Waals surface area contributed by atoms with Crippen LogP contribution in [0.25, 0.3) is 17.0 Å². The molecule has 0 aliphatic heterocycles. The first-order valence-electron chi connectivity index (χ1n) is 5.91. The summed E-state index contributed by atoms with van der Waals surface area (Å²) in [6, 6.07) is 8.14. The summed E-state index contributed by atoms with van der Waals surface area (Å²) in [5.41, 5.74) is 4.36. The number of ketones is 1. The number of allylic oxidation sites excluding steroid dienone is 1. The van der Waals surface area contributed by atoms with Gasteiger partial charge in [-0.25, -0.2) is 0 Å². The Kier molecular flexibility index (Phi) is 2.29. The molecule has 1 aromatic carbocycles. The van der Waals surface area contributed by atoms with Crippen molar-refractivity contribution in [1.29, 1.82) is 0 Å². The average Bonchev–Trinajstić information content (AvgIpc) is 2.35. The molecule has 1 aliphatic carbocycles. The van der Waals surface area contributed by atoms with Gasteiger partial charge in [-0.05, 0) is 30.2 Å². The molecule has 0 amide bonds. The van der Waals surface area contributed by atoms with E-state index in [9.17, 15) is 4.79 Å². The minimum atomic E-state index is 0.141. The number of carbonyl (C=O) groups excluding carboxylic acids is 1. The maximum absolute atomic E-state index is 11.4. The number of pyridine rings is 1. The Hall–Kier alpha value is -1.96. The van der Waals surface area contributed by atoms with E-state index in [-0.39, 0.29) is 5.78 Å². The first-order chi connectivity index (χ1) is 8.29. The molecule has 2 aromatic rings. The number of aryl methyl sites for hydroxylation is 1. The predicted octanol–water partition coefficient (Wildman–Crippen LogP) is 2.94. The fourth-order valence-electron chi connectivity index (χ4n) is 2.46. The fraction of sp³-hybridized carbons (Fsp3) is 0.200. The van der Waals surface area contributed by atoms with Crippen LogP contribution >= 0.6 is 0 Å². The smallest absolute Gasteiger partial charge is 0.161 e. The van der Waals surface area contributed by atoms with Crippen LogP contribution < -0.4 is 0 Å². The van der Waals surface area contributed by atoms with Gasteiger partial charge in [0.25, 0.3) is 0 Å². The average molecular weight is 223 g/mol. The molecule has 0 saturated heterocycles. The molecule has 0 N–H and O–H groups in total. The Morgan fingerprint density at radius 3 is 2.88 bits per heavy atom. The second-order valence-electron chi connectivity index (χ2n) is 4.30. The first-order valence-corrected chi connectivity index (χ1v) is 5.91. The second-order valence-corrected chi connectivity index (χ2v) is 4.30. The van der Waals surface area contributed by atoms with Gasteiger partial charge in [-0.2, -0.15) is 0 Å². The van der Waals surface area contributed by atoms with Crippen molar-refractivity contribution >= 4 is 22.8 Å². The summed E-state index contributed by atoms with van der Waals surface area (Å²) in [6.07, 6.45) is 4.98. The van der Waals surface area contributed by atoms with Gasteiger partial charge in [0.15, 0.2) is 5.78 Å². The van der Waals surface area contributed by atoms with Crippen molar-refractivity contribution in [2.24, 2.45) is 0 Å². The number of hydrogen-bond donors (Lipinski definition) is 0. The van der Waals surface area contributed by atoms with E-state index >= 15 is 0 Å². The Balaban J connectivity index is 2.39. The van der Waals surface area contributed by atoms with E-state index in [0.29, 0.717) is 6.42 Å². The maximum atomic E-state index is 11.4. The van der Waals surface area contributed by atoms with E-state index in [1.54, 1.807) is 6.08 Å². The highest BCUT2D eigenvalue weighted by Crippen LogP contribution is 2.27. The van der Waals surface area contributed by atoms with Gasteiger partial charge in [-0.15, -0.1) is 0 Å². The Labute approximate surface area is 100.0 Å². The number of benzene rings is 1. The van der Waals surface area contributed by atoms with Crippen LogP contribution in [0.15, 0.2) is 30.3 Å². The van der Waals surface area contributed by atoms with Crippen LogP contribution in [0, 0.1) is 0 Å². The van der Waals surface area contributed by atoms with Crippen LogP contribution in [-0.2, 0) is 17.6 Å². The molecule has 84 valence electrons. The summed E-state index contributed by atoms with van der Waals surface area (Å²) in [5, 5.41) is 1.20. The molecule has 0 unspecified atom stereocenters. The van der Waals surface area contributed by atoms with Gasteiger partial charge in [-0.3, -0.25) is 9.78 Å². The van der Waals surface area contributed by atoms with Crippen molar-refractivity contribution in [3.05, 3.63) is 47.2 Å².